The summed E-state index contributed by atoms with van der Waals surface area (Å²) in [5.74, 6) is 1.07. The number of halogens is 1. The van der Waals surface area contributed by atoms with Crippen molar-refractivity contribution < 1.29 is 14.2 Å². The van der Waals surface area contributed by atoms with Gasteiger partial charge in [-0.2, -0.15) is 0 Å². The highest BCUT2D eigenvalue weighted by Crippen LogP contribution is 2.33. The van der Waals surface area contributed by atoms with Crippen LogP contribution in [0.25, 0.3) is 0 Å². The molecule has 0 amide bonds. The zero-order valence-corrected chi connectivity index (χ0v) is 11.3. The molecule has 0 aliphatic rings. The van der Waals surface area contributed by atoms with Crippen LogP contribution in [-0.4, -0.2) is 27.1 Å². The Morgan fingerprint density at radius 2 is 2.00 bits per heavy atom. The Morgan fingerprint density at radius 1 is 1.24 bits per heavy atom. The number of ether oxygens (including phenoxy) is 3. The molecule has 17 heavy (non-hydrogen) atoms. The molecule has 0 fully saturated rings. The molecule has 0 atom stereocenters. The van der Waals surface area contributed by atoms with E-state index in [1.165, 1.54) is 0 Å². The van der Waals surface area contributed by atoms with Gasteiger partial charge < -0.3 is 14.2 Å². The Kier molecular flexibility index (Phi) is 6.34. The zero-order valence-electron chi connectivity index (χ0n) is 10.5. The fourth-order valence-electron chi connectivity index (χ4n) is 1.43. The second kappa shape index (κ2) is 7.54. The molecule has 0 bridgehead atoms. The van der Waals surface area contributed by atoms with E-state index in [2.05, 4.69) is 13.8 Å². The summed E-state index contributed by atoms with van der Waals surface area (Å²) in [6, 6.07) is 5.76. The Morgan fingerprint density at radius 3 is 2.65 bits per heavy atom. The summed E-state index contributed by atoms with van der Waals surface area (Å²) in [4.78, 5) is 0. The van der Waals surface area contributed by atoms with Crippen LogP contribution < -0.4 is 4.74 Å². The smallest absolute Gasteiger partial charge is 0.189 e. The van der Waals surface area contributed by atoms with Gasteiger partial charge in [-0.05, 0) is 17.5 Å². The van der Waals surface area contributed by atoms with Crippen LogP contribution >= 0.6 is 11.6 Å². The van der Waals surface area contributed by atoms with Gasteiger partial charge in [0.25, 0.3) is 0 Å². The number of para-hydroxylation sites is 1. The van der Waals surface area contributed by atoms with Gasteiger partial charge in [-0.1, -0.05) is 37.6 Å². The minimum Gasteiger partial charge on any atom is -0.466 e. The quantitative estimate of drug-likeness (QED) is 0.554. The van der Waals surface area contributed by atoms with E-state index in [-0.39, 0.29) is 6.79 Å². The molecule has 0 aliphatic heterocycles. The molecule has 0 radical (unpaired) electrons. The van der Waals surface area contributed by atoms with Crippen molar-refractivity contribution in [3.05, 3.63) is 28.8 Å². The highest BCUT2D eigenvalue weighted by molar-refractivity contribution is 6.32. The van der Waals surface area contributed by atoms with Crippen molar-refractivity contribution in [3.8, 4) is 5.75 Å². The van der Waals surface area contributed by atoms with Gasteiger partial charge in [-0.3, -0.25) is 0 Å². The molecule has 4 heteroatoms. The molecule has 0 aromatic heterocycles. The van der Waals surface area contributed by atoms with E-state index in [0.29, 0.717) is 29.9 Å². The lowest BCUT2D eigenvalue weighted by atomic mass is 10.0. The van der Waals surface area contributed by atoms with Gasteiger partial charge in [-0.25, -0.2) is 0 Å². The summed E-state index contributed by atoms with van der Waals surface area (Å²) in [6.07, 6.45) is 0. The number of hydrogen-bond donors (Lipinski definition) is 0. The van der Waals surface area contributed by atoms with E-state index in [1.54, 1.807) is 7.11 Å². The first-order valence-electron chi connectivity index (χ1n) is 5.64. The standard InChI is InChI=1S/C13H19ClO3/c1-10(2)11-5-4-6-12(14)13(11)17-9-16-8-7-15-3/h4-6,10H,7-9H2,1-3H3. The lowest BCUT2D eigenvalue weighted by molar-refractivity contribution is -0.00890. The Labute approximate surface area is 108 Å². The second-order valence-electron chi connectivity index (χ2n) is 3.98. The summed E-state index contributed by atoms with van der Waals surface area (Å²) in [5.41, 5.74) is 1.09. The summed E-state index contributed by atoms with van der Waals surface area (Å²) in [7, 11) is 1.63. The van der Waals surface area contributed by atoms with Gasteiger partial charge in [0.1, 0.15) is 5.75 Å². The molecule has 0 N–H and O–H groups in total. The predicted octanol–water partition coefficient (Wildman–Crippen LogP) is 3.46. The van der Waals surface area contributed by atoms with E-state index in [1.807, 2.05) is 18.2 Å². The summed E-state index contributed by atoms with van der Waals surface area (Å²) in [6.45, 7) is 5.46. The highest BCUT2D eigenvalue weighted by Gasteiger charge is 2.11. The lowest BCUT2D eigenvalue weighted by Crippen LogP contribution is -2.09. The molecule has 0 aliphatic carbocycles. The molecule has 0 saturated carbocycles. The Balaban J connectivity index is 2.57. The van der Waals surface area contributed by atoms with Crippen LogP contribution in [0.15, 0.2) is 18.2 Å². The number of hydrogen-bond acceptors (Lipinski definition) is 3. The lowest BCUT2D eigenvalue weighted by Gasteiger charge is -2.15. The summed E-state index contributed by atoms with van der Waals surface area (Å²) < 4.78 is 15.7. The molecular formula is C13H19ClO3. The maximum atomic E-state index is 6.11. The SMILES string of the molecule is COCCOCOc1c(Cl)cccc1C(C)C. The maximum absolute atomic E-state index is 6.11. The van der Waals surface area contributed by atoms with Gasteiger partial charge in [-0.15, -0.1) is 0 Å². The first-order valence-corrected chi connectivity index (χ1v) is 6.02. The molecular weight excluding hydrogens is 240 g/mol. The van der Waals surface area contributed by atoms with Crippen LogP contribution in [0.3, 0.4) is 0 Å². The Bertz CT molecular complexity index is 339. The monoisotopic (exact) mass is 258 g/mol. The van der Waals surface area contributed by atoms with Crippen LogP contribution in [0, 0.1) is 0 Å². The minimum atomic E-state index is 0.187. The summed E-state index contributed by atoms with van der Waals surface area (Å²) >= 11 is 6.11. The number of methoxy groups -OCH3 is 1. The fourth-order valence-corrected chi connectivity index (χ4v) is 1.67. The van der Waals surface area contributed by atoms with Crippen LogP contribution in [-0.2, 0) is 9.47 Å². The van der Waals surface area contributed by atoms with Crippen molar-refractivity contribution in [2.24, 2.45) is 0 Å². The molecule has 0 saturated heterocycles. The first kappa shape index (κ1) is 14.3. The normalized spacial score (nSPS) is 10.9. The largest absolute Gasteiger partial charge is 0.466 e. The van der Waals surface area contributed by atoms with Gasteiger partial charge >= 0.3 is 0 Å². The number of benzene rings is 1. The highest BCUT2D eigenvalue weighted by atomic mass is 35.5. The zero-order chi connectivity index (χ0) is 12.7. The van der Waals surface area contributed by atoms with E-state index in [9.17, 15) is 0 Å². The van der Waals surface area contributed by atoms with Crippen molar-refractivity contribution >= 4 is 11.6 Å². The third-order valence-corrected chi connectivity index (χ3v) is 2.64. The van der Waals surface area contributed by atoms with E-state index < -0.39 is 0 Å². The molecule has 0 unspecified atom stereocenters. The number of rotatable bonds is 7. The van der Waals surface area contributed by atoms with Crippen molar-refractivity contribution in [1.82, 2.24) is 0 Å². The maximum Gasteiger partial charge on any atom is 0.189 e. The molecule has 1 rings (SSSR count). The summed E-state index contributed by atoms with van der Waals surface area (Å²) in [5, 5.41) is 0.617. The van der Waals surface area contributed by atoms with E-state index in [4.69, 9.17) is 25.8 Å². The Hall–Kier alpha value is -0.770. The van der Waals surface area contributed by atoms with Gasteiger partial charge in [0.15, 0.2) is 6.79 Å². The van der Waals surface area contributed by atoms with Crippen LogP contribution in [0.1, 0.15) is 25.3 Å². The molecule has 1 aromatic carbocycles. The third-order valence-electron chi connectivity index (χ3n) is 2.34. The minimum absolute atomic E-state index is 0.187. The topological polar surface area (TPSA) is 27.7 Å². The average Bonchev–Trinajstić information content (AvgIpc) is 2.30. The molecule has 1 aromatic rings. The van der Waals surface area contributed by atoms with Crippen LogP contribution in [0.2, 0.25) is 5.02 Å². The fraction of sp³-hybridized carbons (Fsp3) is 0.538. The first-order chi connectivity index (χ1) is 8.16. The van der Waals surface area contributed by atoms with Gasteiger partial charge in [0, 0.05) is 7.11 Å². The molecule has 96 valence electrons. The van der Waals surface area contributed by atoms with Crippen molar-refractivity contribution in [2.45, 2.75) is 19.8 Å². The predicted molar refractivity (Wildman–Crippen MR) is 68.9 cm³/mol. The van der Waals surface area contributed by atoms with Gasteiger partial charge in [0.05, 0.1) is 18.2 Å². The van der Waals surface area contributed by atoms with Crippen molar-refractivity contribution in [1.29, 1.82) is 0 Å². The van der Waals surface area contributed by atoms with Crippen LogP contribution in [0.4, 0.5) is 0 Å². The van der Waals surface area contributed by atoms with Crippen molar-refractivity contribution in [2.75, 3.05) is 27.1 Å². The second-order valence-corrected chi connectivity index (χ2v) is 4.38. The molecule has 0 spiro atoms. The van der Waals surface area contributed by atoms with Crippen molar-refractivity contribution in [3.63, 3.8) is 0 Å². The average molecular weight is 259 g/mol. The van der Waals surface area contributed by atoms with E-state index in [0.717, 1.165) is 5.56 Å². The molecule has 0 heterocycles. The van der Waals surface area contributed by atoms with E-state index >= 15 is 0 Å². The molecule has 3 nitrogen and oxygen atoms in total. The van der Waals surface area contributed by atoms with Gasteiger partial charge in [0.2, 0.25) is 0 Å². The van der Waals surface area contributed by atoms with Crippen LogP contribution in [0.5, 0.6) is 5.75 Å². The third kappa shape index (κ3) is 4.54.